The second-order valence-electron chi connectivity index (χ2n) is 6.14. The maximum Gasteiger partial charge on any atom is 0.302 e. The van der Waals surface area contributed by atoms with Crippen molar-refractivity contribution < 1.29 is 14.7 Å². The highest BCUT2D eigenvalue weighted by Gasteiger charge is 2.48. The second kappa shape index (κ2) is 7.25. The number of carbonyl (C=O) groups excluding carboxylic acids is 2. The van der Waals surface area contributed by atoms with Gasteiger partial charge in [0, 0.05) is 23.0 Å². The molecular formula is C21H14ClN3O3. The van der Waals surface area contributed by atoms with Crippen LogP contribution in [0.2, 0.25) is 5.02 Å². The third kappa shape index (κ3) is 3.04. The van der Waals surface area contributed by atoms with E-state index in [0.717, 1.165) is 0 Å². The van der Waals surface area contributed by atoms with Gasteiger partial charge in [0.2, 0.25) is 5.95 Å². The lowest BCUT2D eigenvalue weighted by atomic mass is 9.95. The van der Waals surface area contributed by atoms with Crippen molar-refractivity contribution >= 4 is 35.0 Å². The molecule has 7 heteroatoms. The number of aromatic nitrogens is 2. The first kappa shape index (κ1) is 17.9. The SMILES string of the molecule is O=C1C(=O)N(c2ncccn2)[C@@H](c2cccc(Cl)c2)C1=C(O)c1ccccc1. The molecule has 0 aliphatic carbocycles. The fraction of sp³-hybridized carbons (Fsp3) is 0.0476. The molecule has 1 N–H and O–H groups in total. The van der Waals surface area contributed by atoms with E-state index < -0.39 is 17.7 Å². The molecule has 0 unspecified atom stereocenters. The zero-order chi connectivity index (χ0) is 19.7. The monoisotopic (exact) mass is 391 g/mol. The first-order valence-corrected chi connectivity index (χ1v) is 8.84. The summed E-state index contributed by atoms with van der Waals surface area (Å²) in [5.74, 6) is -1.81. The van der Waals surface area contributed by atoms with E-state index in [-0.39, 0.29) is 17.3 Å². The Morgan fingerprint density at radius 3 is 2.36 bits per heavy atom. The number of hydrogen-bond donors (Lipinski definition) is 1. The smallest absolute Gasteiger partial charge is 0.302 e. The van der Waals surface area contributed by atoms with Gasteiger partial charge >= 0.3 is 5.91 Å². The summed E-state index contributed by atoms with van der Waals surface area (Å²) in [6.45, 7) is 0. The minimum atomic E-state index is -0.902. The van der Waals surface area contributed by atoms with Gasteiger partial charge in [-0.2, -0.15) is 0 Å². The van der Waals surface area contributed by atoms with E-state index in [1.54, 1.807) is 60.7 Å². The van der Waals surface area contributed by atoms with E-state index in [1.807, 2.05) is 0 Å². The van der Waals surface area contributed by atoms with Gasteiger partial charge in [0.05, 0.1) is 11.6 Å². The van der Waals surface area contributed by atoms with Crippen LogP contribution >= 0.6 is 11.6 Å². The maximum absolute atomic E-state index is 12.9. The number of carbonyl (C=O) groups is 2. The van der Waals surface area contributed by atoms with Crippen molar-refractivity contribution in [2.75, 3.05) is 4.90 Å². The van der Waals surface area contributed by atoms with Crippen LogP contribution in [0.25, 0.3) is 5.76 Å². The maximum atomic E-state index is 12.9. The number of nitrogens with zero attached hydrogens (tertiary/aromatic N) is 3. The third-order valence-corrected chi connectivity index (χ3v) is 4.66. The number of benzene rings is 2. The highest BCUT2D eigenvalue weighted by atomic mass is 35.5. The quantitative estimate of drug-likeness (QED) is 0.417. The standard InChI is InChI=1S/C21H14ClN3O3/c22-15-9-4-8-14(12-15)17-16(18(26)13-6-2-1-3-7-13)19(27)20(28)25(17)21-23-10-5-11-24-21/h1-12,17,26H/t17-/m0/s1. The molecule has 2 aromatic carbocycles. The van der Waals surface area contributed by atoms with Gasteiger partial charge in [-0.25, -0.2) is 9.97 Å². The number of aliphatic hydroxyl groups excluding tert-OH is 1. The summed E-state index contributed by atoms with van der Waals surface area (Å²) >= 11 is 6.14. The Bertz CT molecular complexity index is 1080. The zero-order valence-electron chi connectivity index (χ0n) is 14.5. The van der Waals surface area contributed by atoms with Crippen LogP contribution in [0, 0.1) is 0 Å². The normalized spacial score (nSPS) is 18.5. The summed E-state index contributed by atoms with van der Waals surface area (Å²) in [6.07, 6.45) is 2.96. The average Bonchev–Trinajstić information content (AvgIpc) is 3.00. The largest absolute Gasteiger partial charge is 0.507 e. The number of halogens is 1. The Labute approximate surface area is 165 Å². The Hall–Kier alpha value is -3.51. The summed E-state index contributed by atoms with van der Waals surface area (Å²) in [5.41, 5.74) is 0.962. The molecule has 1 fully saturated rings. The molecule has 1 atom stereocenters. The molecular weight excluding hydrogens is 378 g/mol. The lowest BCUT2D eigenvalue weighted by Crippen LogP contribution is -2.31. The Morgan fingerprint density at radius 1 is 0.964 bits per heavy atom. The summed E-state index contributed by atoms with van der Waals surface area (Å²) in [6, 6.07) is 16.1. The van der Waals surface area contributed by atoms with E-state index in [9.17, 15) is 14.7 Å². The lowest BCUT2D eigenvalue weighted by Gasteiger charge is -2.23. The Kier molecular flexibility index (Phi) is 4.63. The van der Waals surface area contributed by atoms with Crippen LogP contribution in [0.5, 0.6) is 0 Å². The van der Waals surface area contributed by atoms with Crippen molar-refractivity contribution in [2.24, 2.45) is 0 Å². The van der Waals surface area contributed by atoms with Gasteiger partial charge in [0.1, 0.15) is 5.76 Å². The molecule has 4 rings (SSSR count). The van der Waals surface area contributed by atoms with Gasteiger partial charge in [-0.05, 0) is 23.8 Å². The molecule has 1 saturated heterocycles. The van der Waals surface area contributed by atoms with Crippen molar-refractivity contribution in [3.8, 4) is 0 Å². The minimum absolute atomic E-state index is 0.0362. The van der Waals surface area contributed by atoms with Crippen molar-refractivity contribution in [1.29, 1.82) is 0 Å². The minimum Gasteiger partial charge on any atom is -0.507 e. The second-order valence-corrected chi connectivity index (χ2v) is 6.58. The highest BCUT2D eigenvalue weighted by Crippen LogP contribution is 2.41. The van der Waals surface area contributed by atoms with Crippen molar-refractivity contribution in [3.63, 3.8) is 0 Å². The summed E-state index contributed by atoms with van der Waals surface area (Å²) in [7, 11) is 0. The molecule has 0 spiro atoms. The lowest BCUT2D eigenvalue weighted by molar-refractivity contribution is -0.132. The van der Waals surface area contributed by atoms with Crippen LogP contribution in [-0.4, -0.2) is 26.8 Å². The van der Waals surface area contributed by atoms with E-state index in [0.29, 0.717) is 16.1 Å². The molecule has 0 bridgehead atoms. The highest BCUT2D eigenvalue weighted by molar-refractivity contribution is 6.51. The molecule has 28 heavy (non-hydrogen) atoms. The number of amides is 1. The Morgan fingerprint density at radius 2 is 1.68 bits per heavy atom. The zero-order valence-corrected chi connectivity index (χ0v) is 15.2. The predicted octanol–water partition coefficient (Wildman–Crippen LogP) is 3.76. The molecule has 138 valence electrons. The number of ketones is 1. The number of aliphatic hydroxyl groups is 1. The van der Waals surface area contributed by atoms with Gasteiger partial charge in [-0.3, -0.25) is 14.5 Å². The predicted molar refractivity (Wildman–Crippen MR) is 105 cm³/mol. The van der Waals surface area contributed by atoms with Crippen LogP contribution in [0.3, 0.4) is 0 Å². The molecule has 0 radical (unpaired) electrons. The molecule has 6 nitrogen and oxygen atoms in total. The summed E-state index contributed by atoms with van der Waals surface area (Å²) < 4.78 is 0. The van der Waals surface area contributed by atoms with E-state index in [2.05, 4.69) is 9.97 Å². The van der Waals surface area contributed by atoms with Crippen molar-refractivity contribution in [3.05, 3.63) is 94.8 Å². The number of hydrogen-bond acceptors (Lipinski definition) is 5. The molecule has 1 aliphatic rings. The Balaban J connectivity index is 1.96. The van der Waals surface area contributed by atoms with Gasteiger partial charge in [0.15, 0.2) is 0 Å². The van der Waals surface area contributed by atoms with Crippen LogP contribution in [0.1, 0.15) is 17.2 Å². The van der Waals surface area contributed by atoms with Gasteiger partial charge in [-0.15, -0.1) is 0 Å². The molecule has 1 amide bonds. The van der Waals surface area contributed by atoms with Crippen LogP contribution < -0.4 is 4.90 Å². The fourth-order valence-corrected chi connectivity index (χ4v) is 3.40. The van der Waals surface area contributed by atoms with E-state index in [1.165, 1.54) is 17.3 Å². The first-order chi connectivity index (χ1) is 13.6. The molecule has 1 aromatic heterocycles. The average molecular weight is 392 g/mol. The van der Waals surface area contributed by atoms with Crippen molar-refractivity contribution in [2.45, 2.75) is 6.04 Å². The molecule has 0 saturated carbocycles. The summed E-state index contributed by atoms with van der Waals surface area (Å²) in [4.78, 5) is 35.1. The van der Waals surface area contributed by atoms with Crippen LogP contribution in [0.15, 0.2) is 78.6 Å². The van der Waals surface area contributed by atoms with Crippen molar-refractivity contribution in [1.82, 2.24) is 9.97 Å². The molecule has 3 aromatic rings. The van der Waals surface area contributed by atoms with Gasteiger partial charge in [-0.1, -0.05) is 54.1 Å². The van der Waals surface area contributed by atoms with Gasteiger partial charge in [0.25, 0.3) is 5.78 Å². The number of anilines is 1. The van der Waals surface area contributed by atoms with Gasteiger partial charge < -0.3 is 5.11 Å². The van der Waals surface area contributed by atoms with E-state index >= 15 is 0 Å². The number of rotatable bonds is 3. The first-order valence-electron chi connectivity index (χ1n) is 8.47. The fourth-order valence-electron chi connectivity index (χ4n) is 3.20. The van der Waals surface area contributed by atoms with Crippen LogP contribution in [0.4, 0.5) is 5.95 Å². The topological polar surface area (TPSA) is 83.4 Å². The number of Topliss-reactive ketones (excluding diaryl/α,β-unsaturated/α-hetero) is 1. The van der Waals surface area contributed by atoms with E-state index in [4.69, 9.17) is 11.6 Å². The molecule has 1 aliphatic heterocycles. The third-order valence-electron chi connectivity index (χ3n) is 4.42. The summed E-state index contributed by atoms with van der Waals surface area (Å²) in [5, 5.41) is 11.3. The molecule has 2 heterocycles. The van der Waals surface area contributed by atoms with Crippen LogP contribution in [-0.2, 0) is 9.59 Å².